The minimum Gasteiger partial charge on any atom is -0.483 e. The molecule has 1 aromatic carbocycles. The predicted molar refractivity (Wildman–Crippen MR) is 108 cm³/mol. The molecule has 9 nitrogen and oxygen atoms in total. The van der Waals surface area contributed by atoms with Crippen molar-refractivity contribution in [1.82, 2.24) is 24.6 Å². The summed E-state index contributed by atoms with van der Waals surface area (Å²) in [5.41, 5.74) is 2.36. The van der Waals surface area contributed by atoms with E-state index >= 15 is 0 Å². The molecule has 0 aliphatic carbocycles. The van der Waals surface area contributed by atoms with E-state index < -0.39 is 0 Å². The van der Waals surface area contributed by atoms with Gasteiger partial charge in [-0.3, -0.25) is 14.4 Å². The van der Waals surface area contributed by atoms with E-state index in [4.69, 9.17) is 9.90 Å². The molecule has 0 atom stereocenters. The van der Waals surface area contributed by atoms with Crippen LogP contribution in [0.1, 0.15) is 21.9 Å². The SMILES string of the molecule is Cc1cc(-c2ccc(C(=O)N(C)CCn3ccnc3C)cc2)c(=O)[nH]n1.O=CO. The molecule has 0 aliphatic heterocycles. The number of aromatic amines is 1. The predicted octanol–water partition coefficient (Wildman–Crippen LogP) is 1.72. The molecular weight excluding hydrogens is 374 g/mol. The van der Waals surface area contributed by atoms with Crippen LogP contribution in [0.4, 0.5) is 0 Å². The maximum absolute atomic E-state index is 12.6. The Morgan fingerprint density at radius 2 is 1.93 bits per heavy atom. The van der Waals surface area contributed by atoms with E-state index in [2.05, 4.69) is 15.2 Å². The average Bonchev–Trinajstić information content (AvgIpc) is 3.13. The number of H-pyrrole nitrogens is 1. The Hall–Kier alpha value is -3.75. The van der Waals surface area contributed by atoms with Crippen molar-refractivity contribution in [1.29, 1.82) is 0 Å². The zero-order valence-electron chi connectivity index (χ0n) is 16.5. The van der Waals surface area contributed by atoms with E-state index in [1.165, 1.54) is 0 Å². The molecule has 0 saturated heterocycles. The third-order valence-corrected chi connectivity index (χ3v) is 4.32. The van der Waals surface area contributed by atoms with Crippen LogP contribution >= 0.6 is 0 Å². The highest BCUT2D eigenvalue weighted by atomic mass is 16.3. The van der Waals surface area contributed by atoms with Gasteiger partial charge >= 0.3 is 0 Å². The third kappa shape index (κ3) is 5.61. The summed E-state index contributed by atoms with van der Waals surface area (Å²) in [6.07, 6.45) is 3.65. The number of hydrogen-bond acceptors (Lipinski definition) is 5. The summed E-state index contributed by atoms with van der Waals surface area (Å²) in [7, 11) is 1.78. The Labute approximate surface area is 167 Å². The van der Waals surface area contributed by atoms with Gasteiger partial charge in [-0.05, 0) is 37.6 Å². The van der Waals surface area contributed by atoms with Gasteiger partial charge in [0, 0.05) is 38.1 Å². The zero-order chi connectivity index (χ0) is 21.4. The molecule has 2 N–H and O–H groups in total. The molecule has 2 aromatic heterocycles. The number of amides is 1. The van der Waals surface area contributed by atoms with E-state index in [1.54, 1.807) is 48.5 Å². The monoisotopic (exact) mass is 397 g/mol. The first-order valence-electron chi connectivity index (χ1n) is 8.85. The van der Waals surface area contributed by atoms with Crippen molar-refractivity contribution >= 4 is 12.4 Å². The van der Waals surface area contributed by atoms with Crippen LogP contribution < -0.4 is 5.56 Å². The Kier molecular flexibility index (Phi) is 7.41. The molecular formula is C20H23N5O4. The Bertz CT molecular complexity index is 1020. The number of nitrogens with one attached hydrogen (secondary N) is 1. The molecule has 0 fully saturated rings. The number of carbonyl (C=O) groups is 2. The van der Waals surface area contributed by atoms with E-state index in [1.807, 2.05) is 24.6 Å². The van der Waals surface area contributed by atoms with E-state index in [-0.39, 0.29) is 17.9 Å². The van der Waals surface area contributed by atoms with Crippen molar-refractivity contribution in [3.05, 3.63) is 70.2 Å². The smallest absolute Gasteiger partial charge is 0.290 e. The Balaban J connectivity index is 0.000000941. The molecule has 3 aromatic rings. The molecule has 0 radical (unpaired) electrons. The minimum absolute atomic E-state index is 0.0610. The Morgan fingerprint density at radius 3 is 2.52 bits per heavy atom. The van der Waals surface area contributed by atoms with E-state index in [9.17, 15) is 9.59 Å². The molecule has 9 heteroatoms. The fourth-order valence-electron chi connectivity index (χ4n) is 2.73. The van der Waals surface area contributed by atoms with E-state index in [0.29, 0.717) is 24.2 Å². The van der Waals surface area contributed by atoms with Gasteiger partial charge in [0.1, 0.15) is 5.82 Å². The number of carbonyl (C=O) groups excluding carboxylic acids is 1. The van der Waals surface area contributed by atoms with Crippen molar-refractivity contribution in [3.8, 4) is 11.1 Å². The quantitative estimate of drug-likeness (QED) is 0.633. The van der Waals surface area contributed by atoms with Crippen molar-refractivity contribution < 1.29 is 14.7 Å². The van der Waals surface area contributed by atoms with Crippen LogP contribution in [0.5, 0.6) is 0 Å². The average molecular weight is 397 g/mol. The third-order valence-electron chi connectivity index (χ3n) is 4.32. The van der Waals surface area contributed by atoms with Gasteiger partial charge in [-0.1, -0.05) is 12.1 Å². The standard InChI is InChI=1S/C19H21N5O2.CH2O2/c1-13-12-17(18(25)22-21-13)15-4-6-16(7-5-15)19(26)23(3)10-11-24-9-8-20-14(24)2;2-1-3/h4-9,12H,10-11H2,1-3H3,(H,22,25);1H,(H,2,3). The minimum atomic E-state index is -0.250. The lowest BCUT2D eigenvalue weighted by molar-refractivity contribution is -0.122. The molecule has 0 saturated carbocycles. The van der Waals surface area contributed by atoms with Crippen molar-refractivity contribution in [2.75, 3.05) is 13.6 Å². The number of carboxylic acid groups (broad SMARTS) is 1. The number of likely N-dealkylation sites (N-methyl/N-ethyl adjacent to an activating group) is 1. The van der Waals surface area contributed by atoms with Gasteiger partial charge in [-0.15, -0.1) is 0 Å². The van der Waals surface area contributed by atoms with Gasteiger partial charge in [0.25, 0.3) is 17.9 Å². The largest absolute Gasteiger partial charge is 0.483 e. The number of nitrogens with zero attached hydrogens (tertiary/aromatic N) is 4. The summed E-state index contributed by atoms with van der Waals surface area (Å²) in [5.74, 6) is 0.863. The van der Waals surface area contributed by atoms with Crippen molar-refractivity contribution in [3.63, 3.8) is 0 Å². The van der Waals surface area contributed by atoms with Crippen molar-refractivity contribution in [2.45, 2.75) is 20.4 Å². The highest BCUT2D eigenvalue weighted by Gasteiger charge is 2.13. The molecule has 1 amide bonds. The normalized spacial score (nSPS) is 10.0. The number of hydrogen-bond donors (Lipinski definition) is 2. The first-order valence-corrected chi connectivity index (χ1v) is 8.85. The van der Waals surface area contributed by atoms with Gasteiger partial charge in [-0.25, -0.2) is 10.1 Å². The fraction of sp³-hybridized carbons (Fsp3) is 0.250. The van der Waals surface area contributed by atoms with Crippen LogP contribution in [0.15, 0.2) is 47.5 Å². The first-order chi connectivity index (χ1) is 13.9. The molecule has 0 aliphatic rings. The summed E-state index contributed by atoms with van der Waals surface area (Å²) >= 11 is 0. The molecule has 0 spiro atoms. The maximum Gasteiger partial charge on any atom is 0.290 e. The van der Waals surface area contributed by atoms with Gasteiger partial charge in [0.05, 0.1) is 11.3 Å². The van der Waals surface area contributed by atoms with Gasteiger partial charge < -0.3 is 14.6 Å². The summed E-state index contributed by atoms with van der Waals surface area (Å²) in [6, 6.07) is 8.78. The second-order valence-corrected chi connectivity index (χ2v) is 6.33. The summed E-state index contributed by atoms with van der Waals surface area (Å²) in [6.45, 7) is 4.77. The van der Waals surface area contributed by atoms with Crippen LogP contribution in [0, 0.1) is 13.8 Å². The summed E-state index contributed by atoms with van der Waals surface area (Å²) < 4.78 is 2.00. The molecule has 29 heavy (non-hydrogen) atoms. The van der Waals surface area contributed by atoms with Crippen molar-refractivity contribution in [2.24, 2.45) is 0 Å². The van der Waals surface area contributed by atoms with Gasteiger partial charge in [0.2, 0.25) is 0 Å². The number of benzene rings is 1. The molecule has 152 valence electrons. The number of aryl methyl sites for hydroxylation is 2. The fourth-order valence-corrected chi connectivity index (χ4v) is 2.73. The first kappa shape index (κ1) is 21.5. The Morgan fingerprint density at radius 1 is 1.28 bits per heavy atom. The van der Waals surface area contributed by atoms with Gasteiger partial charge in [-0.2, -0.15) is 5.10 Å². The number of aromatic nitrogens is 4. The molecule has 3 rings (SSSR count). The van der Waals surface area contributed by atoms with E-state index in [0.717, 1.165) is 17.1 Å². The van der Waals surface area contributed by atoms with Crippen LogP contribution in [0.2, 0.25) is 0 Å². The lowest BCUT2D eigenvalue weighted by Gasteiger charge is -2.18. The molecule has 0 unspecified atom stereocenters. The lowest BCUT2D eigenvalue weighted by Crippen LogP contribution is -2.30. The number of rotatable bonds is 5. The highest BCUT2D eigenvalue weighted by molar-refractivity contribution is 5.94. The second kappa shape index (κ2) is 9.98. The number of imidazole rings is 1. The highest BCUT2D eigenvalue weighted by Crippen LogP contribution is 2.17. The lowest BCUT2D eigenvalue weighted by atomic mass is 10.0. The topological polar surface area (TPSA) is 121 Å². The zero-order valence-corrected chi connectivity index (χ0v) is 16.5. The van der Waals surface area contributed by atoms with Crippen LogP contribution in [0.3, 0.4) is 0 Å². The maximum atomic E-state index is 12.6. The molecule has 0 bridgehead atoms. The summed E-state index contributed by atoms with van der Waals surface area (Å²) in [5, 5.41) is 13.2. The summed E-state index contributed by atoms with van der Waals surface area (Å²) in [4.78, 5) is 38.7. The van der Waals surface area contributed by atoms with Crippen LogP contribution in [-0.4, -0.2) is 55.7 Å². The molecule has 2 heterocycles. The van der Waals surface area contributed by atoms with Crippen LogP contribution in [0.25, 0.3) is 11.1 Å². The van der Waals surface area contributed by atoms with Gasteiger partial charge in [0.15, 0.2) is 0 Å². The second-order valence-electron chi connectivity index (χ2n) is 6.33. The van der Waals surface area contributed by atoms with Crippen LogP contribution in [-0.2, 0) is 11.3 Å².